The third-order valence-electron chi connectivity index (χ3n) is 2.54. The van der Waals surface area contributed by atoms with Gasteiger partial charge in [-0.3, -0.25) is 0 Å². The van der Waals surface area contributed by atoms with Crippen LogP contribution in [0.1, 0.15) is 6.92 Å². The average Bonchev–Trinajstić information content (AvgIpc) is 2.18. The molecule has 1 aliphatic heterocycles. The normalized spacial score (nSPS) is 22.4. The summed E-state index contributed by atoms with van der Waals surface area (Å²) in [5.74, 6) is -0.159. The zero-order valence-electron chi connectivity index (χ0n) is 8.33. The predicted octanol–water partition coefficient (Wildman–Crippen LogP) is 1.62. The number of benzene rings is 1. The summed E-state index contributed by atoms with van der Waals surface area (Å²) in [6.45, 7) is 5.01. The Bertz CT molecular complexity index is 314. The van der Waals surface area contributed by atoms with Crippen molar-refractivity contribution in [2.45, 2.75) is 13.0 Å². The van der Waals surface area contributed by atoms with Crippen molar-refractivity contribution in [3.8, 4) is 0 Å². The van der Waals surface area contributed by atoms with E-state index in [1.165, 1.54) is 6.07 Å². The Labute approximate surface area is 83.7 Å². The molecule has 1 unspecified atom stereocenters. The maximum absolute atomic E-state index is 13.0. The Hall–Kier alpha value is -1.09. The molecule has 14 heavy (non-hydrogen) atoms. The summed E-state index contributed by atoms with van der Waals surface area (Å²) in [6, 6.07) is 7.28. The molecule has 0 saturated carbocycles. The van der Waals surface area contributed by atoms with Gasteiger partial charge < -0.3 is 10.2 Å². The summed E-state index contributed by atoms with van der Waals surface area (Å²) in [5, 5.41) is 3.36. The molecule has 1 fully saturated rings. The third-order valence-corrected chi connectivity index (χ3v) is 2.54. The zero-order valence-corrected chi connectivity index (χ0v) is 8.33. The van der Waals surface area contributed by atoms with Gasteiger partial charge in [0.25, 0.3) is 0 Å². The van der Waals surface area contributed by atoms with Crippen LogP contribution in [0, 0.1) is 5.82 Å². The van der Waals surface area contributed by atoms with E-state index in [1.54, 1.807) is 12.1 Å². The summed E-state index contributed by atoms with van der Waals surface area (Å²) in [5.41, 5.74) is 0.985. The van der Waals surface area contributed by atoms with Crippen molar-refractivity contribution in [1.29, 1.82) is 0 Å². The van der Waals surface area contributed by atoms with E-state index in [9.17, 15) is 4.39 Å². The maximum Gasteiger partial charge on any atom is 0.125 e. The van der Waals surface area contributed by atoms with Crippen molar-refractivity contribution < 1.29 is 4.39 Å². The van der Waals surface area contributed by atoms with Crippen molar-refractivity contribution in [3.05, 3.63) is 30.1 Å². The van der Waals surface area contributed by atoms with Crippen LogP contribution in [0.25, 0.3) is 0 Å². The quantitative estimate of drug-likeness (QED) is 0.731. The molecule has 3 heteroatoms. The number of anilines is 1. The SMILES string of the molecule is CC1CN(c2cccc(F)c2)CCN1. The second-order valence-electron chi connectivity index (χ2n) is 3.78. The first-order valence-electron chi connectivity index (χ1n) is 4.99. The molecule has 1 N–H and O–H groups in total. The van der Waals surface area contributed by atoms with E-state index in [4.69, 9.17) is 0 Å². The van der Waals surface area contributed by atoms with Gasteiger partial charge >= 0.3 is 0 Å². The van der Waals surface area contributed by atoms with Crippen LogP contribution in [0.15, 0.2) is 24.3 Å². The molecule has 1 aliphatic rings. The van der Waals surface area contributed by atoms with Crippen LogP contribution in [-0.2, 0) is 0 Å². The lowest BCUT2D eigenvalue weighted by atomic mass is 10.2. The lowest BCUT2D eigenvalue weighted by molar-refractivity contribution is 0.484. The minimum Gasteiger partial charge on any atom is -0.369 e. The number of nitrogens with zero attached hydrogens (tertiary/aromatic N) is 1. The molecule has 1 aromatic carbocycles. The molecule has 0 amide bonds. The molecule has 1 heterocycles. The highest BCUT2D eigenvalue weighted by Crippen LogP contribution is 2.16. The number of piperazine rings is 1. The second-order valence-corrected chi connectivity index (χ2v) is 3.78. The predicted molar refractivity (Wildman–Crippen MR) is 56.1 cm³/mol. The van der Waals surface area contributed by atoms with Crippen molar-refractivity contribution in [1.82, 2.24) is 5.32 Å². The van der Waals surface area contributed by atoms with E-state index < -0.39 is 0 Å². The van der Waals surface area contributed by atoms with Crippen LogP contribution in [0.5, 0.6) is 0 Å². The topological polar surface area (TPSA) is 15.3 Å². The monoisotopic (exact) mass is 194 g/mol. The maximum atomic E-state index is 13.0. The fourth-order valence-electron chi connectivity index (χ4n) is 1.84. The molecule has 0 aromatic heterocycles. The van der Waals surface area contributed by atoms with Crippen molar-refractivity contribution in [2.24, 2.45) is 0 Å². The molecule has 0 bridgehead atoms. The molecule has 0 radical (unpaired) electrons. The minimum absolute atomic E-state index is 0.159. The van der Waals surface area contributed by atoms with Crippen molar-refractivity contribution in [3.63, 3.8) is 0 Å². The minimum atomic E-state index is -0.159. The van der Waals surface area contributed by atoms with Crippen LogP contribution < -0.4 is 10.2 Å². The Kier molecular flexibility index (Phi) is 2.68. The lowest BCUT2D eigenvalue weighted by Gasteiger charge is -2.33. The molecule has 2 rings (SSSR count). The number of nitrogens with one attached hydrogen (secondary N) is 1. The highest BCUT2D eigenvalue weighted by molar-refractivity contribution is 5.47. The molecule has 1 aromatic rings. The van der Waals surface area contributed by atoms with Gasteiger partial charge in [-0.15, -0.1) is 0 Å². The van der Waals surface area contributed by atoms with Crippen LogP contribution in [-0.4, -0.2) is 25.7 Å². The second kappa shape index (κ2) is 3.96. The van der Waals surface area contributed by atoms with E-state index in [0.717, 1.165) is 25.3 Å². The van der Waals surface area contributed by atoms with E-state index >= 15 is 0 Å². The van der Waals surface area contributed by atoms with E-state index in [-0.39, 0.29) is 5.82 Å². The first-order valence-corrected chi connectivity index (χ1v) is 4.99. The number of rotatable bonds is 1. The summed E-state index contributed by atoms with van der Waals surface area (Å²) in [7, 11) is 0. The summed E-state index contributed by atoms with van der Waals surface area (Å²) >= 11 is 0. The highest BCUT2D eigenvalue weighted by atomic mass is 19.1. The average molecular weight is 194 g/mol. The summed E-state index contributed by atoms with van der Waals surface area (Å²) in [6.07, 6.45) is 0. The molecule has 0 spiro atoms. The van der Waals surface area contributed by atoms with Gasteiger partial charge in [0.1, 0.15) is 5.82 Å². The van der Waals surface area contributed by atoms with Gasteiger partial charge in [-0.25, -0.2) is 4.39 Å². The first-order chi connectivity index (χ1) is 6.75. The first kappa shape index (κ1) is 9.46. The van der Waals surface area contributed by atoms with Gasteiger partial charge in [0, 0.05) is 31.4 Å². The zero-order chi connectivity index (χ0) is 9.97. The number of hydrogen-bond acceptors (Lipinski definition) is 2. The van der Waals surface area contributed by atoms with Gasteiger partial charge in [0.05, 0.1) is 0 Å². The van der Waals surface area contributed by atoms with Crippen LogP contribution >= 0.6 is 0 Å². The standard InChI is InChI=1S/C11H15FN2/c1-9-8-14(6-5-13-9)11-4-2-3-10(12)7-11/h2-4,7,9,13H,5-6,8H2,1H3. The summed E-state index contributed by atoms with van der Waals surface area (Å²) < 4.78 is 13.0. The molecule has 1 atom stereocenters. The lowest BCUT2D eigenvalue weighted by Crippen LogP contribution is -2.49. The third kappa shape index (κ3) is 2.04. The van der Waals surface area contributed by atoms with Gasteiger partial charge in [-0.05, 0) is 25.1 Å². The summed E-state index contributed by atoms with van der Waals surface area (Å²) in [4.78, 5) is 2.21. The number of hydrogen-bond donors (Lipinski definition) is 1. The van der Waals surface area contributed by atoms with Gasteiger partial charge in [-0.1, -0.05) is 6.07 Å². The Balaban J connectivity index is 2.14. The van der Waals surface area contributed by atoms with Crippen LogP contribution in [0.3, 0.4) is 0 Å². The fourth-order valence-corrected chi connectivity index (χ4v) is 1.84. The molecule has 0 aliphatic carbocycles. The molecular formula is C11H15FN2. The Morgan fingerprint density at radius 1 is 1.50 bits per heavy atom. The fraction of sp³-hybridized carbons (Fsp3) is 0.455. The van der Waals surface area contributed by atoms with E-state index in [2.05, 4.69) is 17.1 Å². The van der Waals surface area contributed by atoms with E-state index in [1.807, 2.05) is 6.07 Å². The van der Waals surface area contributed by atoms with Crippen molar-refractivity contribution >= 4 is 5.69 Å². The van der Waals surface area contributed by atoms with E-state index in [0.29, 0.717) is 6.04 Å². The molecule has 76 valence electrons. The van der Waals surface area contributed by atoms with Gasteiger partial charge in [-0.2, -0.15) is 0 Å². The van der Waals surface area contributed by atoms with Crippen LogP contribution in [0.4, 0.5) is 10.1 Å². The smallest absolute Gasteiger partial charge is 0.125 e. The molecule has 1 saturated heterocycles. The highest BCUT2D eigenvalue weighted by Gasteiger charge is 2.15. The molecular weight excluding hydrogens is 179 g/mol. The largest absolute Gasteiger partial charge is 0.369 e. The number of halogens is 1. The van der Waals surface area contributed by atoms with Crippen molar-refractivity contribution in [2.75, 3.05) is 24.5 Å². The van der Waals surface area contributed by atoms with Crippen LogP contribution in [0.2, 0.25) is 0 Å². The van der Waals surface area contributed by atoms with Gasteiger partial charge in [0.15, 0.2) is 0 Å². The van der Waals surface area contributed by atoms with Gasteiger partial charge in [0.2, 0.25) is 0 Å². The molecule has 2 nitrogen and oxygen atoms in total. The Morgan fingerprint density at radius 3 is 3.07 bits per heavy atom. The Morgan fingerprint density at radius 2 is 2.36 bits per heavy atom.